The number of rotatable bonds is 7. The summed E-state index contributed by atoms with van der Waals surface area (Å²) < 4.78 is 27.1. The first-order chi connectivity index (χ1) is 12.1. The van der Waals surface area contributed by atoms with E-state index in [1.54, 1.807) is 12.1 Å². The Hall–Kier alpha value is -2.19. The maximum Gasteiger partial charge on any atom is 0.302 e. The third-order valence-corrected chi connectivity index (χ3v) is 5.43. The van der Waals surface area contributed by atoms with Crippen LogP contribution in [0.4, 0.5) is 17.3 Å². The highest BCUT2D eigenvalue weighted by atomic mass is 32.2. The molecule has 142 valence electrons. The van der Waals surface area contributed by atoms with Gasteiger partial charge in [-0.05, 0) is 35.1 Å². The Morgan fingerprint density at radius 1 is 0.885 bits per heavy atom. The second-order valence-electron chi connectivity index (χ2n) is 6.94. The van der Waals surface area contributed by atoms with Crippen molar-refractivity contribution in [3.05, 3.63) is 41.5 Å². The van der Waals surface area contributed by atoms with Gasteiger partial charge in [-0.3, -0.25) is 4.72 Å². The van der Waals surface area contributed by atoms with E-state index in [1.165, 1.54) is 25.2 Å². The van der Waals surface area contributed by atoms with E-state index in [9.17, 15) is 8.42 Å². The number of hydrogen-bond donors (Lipinski definition) is 2. The predicted octanol–water partition coefficient (Wildman–Crippen LogP) is 3.69. The van der Waals surface area contributed by atoms with Gasteiger partial charge in [-0.2, -0.15) is 12.7 Å². The molecule has 0 aliphatic rings. The monoisotopic (exact) mass is 377 g/mol. The Morgan fingerprint density at radius 2 is 1.38 bits per heavy atom. The van der Waals surface area contributed by atoms with E-state index in [0.717, 1.165) is 9.99 Å². The summed E-state index contributed by atoms with van der Waals surface area (Å²) in [6, 6.07) is 9.57. The largest absolute Gasteiger partial charge is 0.338 e. The van der Waals surface area contributed by atoms with Crippen LogP contribution in [0.25, 0.3) is 0 Å². The highest BCUT2D eigenvalue weighted by molar-refractivity contribution is 7.90. The highest BCUT2D eigenvalue weighted by Gasteiger charge is 2.16. The van der Waals surface area contributed by atoms with E-state index in [-0.39, 0.29) is 5.82 Å². The first-order valence-electron chi connectivity index (χ1n) is 8.55. The van der Waals surface area contributed by atoms with E-state index >= 15 is 0 Å². The quantitative estimate of drug-likeness (QED) is 0.768. The van der Waals surface area contributed by atoms with Gasteiger partial charge >= 0.3 is 10.2 Å². The van der Waals surface area contributed by atoms with Gasteiger partial charge < -0.3 is 5.32 Å². The molecule has 0 amide bonds. The first-order valence-corrected chi connectivity index (χ1v) is 9.99. The number of nitrogens with one attached hydrogen (secondary N) is 2. The molecule has 8 heteroatoms. The minimum Gasteiger partial charge on any atom is -0.338 e. The Kier molecular flexibility index (Phi) is 6.20. The summed E-state index contributed by atoms with van der Waals surface area (Å²) in [7, 11) is -0.706. The summed E-state index contributed by atoms with van der Waals surface area (Å²) in [6.45, 7) is 8.59. The molecule has 0 saturated carbocycles. The Balaban J connectivity index is 2.30. The number of para-hydroxylation sites is 1. The van der Waals surface area contributed by atoms with Crippen LogP contribution in [0.3, 0.4) is 0 Å². The maximum absolute atomic E-state index is 11.8. The molecule has 2 aromatic rings. The van der Waals surface area contributed by atoms with Crippen LogP contribution >= 0.6 is 0 Å². The lowest BCUT2D eigenvalue weighted by molar-refractivity contribution is 0.526. The van der Waals surface area contributed by atoms with Gasteiger partial charge in [0.25, 0.3) is 0 Å². The fraction of sp³-hybridized carbons (Fsp3) is 0.444. The minimum atomic E-state index is -3.60. The second kappa shape index (κ2) is 8.01. The molecule has 1 heterocycles. The van der Waals surface area contributed by atoms with Crippen molar-refractivity contribution >= 4 is 27.5 Å². The van der Waals surface area contributed by atoms with Crippen LogP contribution in [0.2, 0.25) is 0 Å². The Bertz CT molecular complexity index is 820. The van der Waals surface area contributed by atoms with Crippen LogP contribution in [0.15, 0.2) is 30.3 Å². The molecular formula is C18H27N5O2S. The van der Waals surface area contributed by atoms with Crippen molar-refractivity contribution in [3.63, 3.8) is 0 Å². The van der Waals surface area contributed by atoms with Gasteiger partial charge in [0.05, 0.1) is 0 Å². The van der Waals surface area contributed by atoms with E-state index in [0.29, 0.717) is 17.7 Å². The summed E-state index contributed by atoms with van der Waals surface area (Å²) in [5, 5.41) is 11.4. The predicted molar refractivity (Wildman–Crippen MR) is 106 cm³/mol. The Morgan fingerprint density at radius 3 is 1.81 bits per heavy atom. The summed E-state index contributed by atoms with van der Waals surface area (Å²) >= 11 is 0. The maximum atomic E-state index is 11.8. The van der Waals surface area contributed by atoms with Gasteiger partial charge in [0, 0.05) is 19.8 Å². The molecule has 0 atom stereocenters. The van der Waals surface area contributed by atoms with E-state index < -0.39 is 10.2 Å². The van der Waals surface area contributed by atoms with Crippen LogP contribution in [0.1, 0.15) is 50.7 Å². The van der Waals surface area contributed by atoms with Gasteiger partial charge in [-0.15, -0.1) is 10.2 Å². The van der Waals surface area contributed by atoms with Crippen molar-refractivity contribution in [2.45, 2.75) is 39.5 Å². The summed E-state index contributed by atoms with van der Waals surface area (Å²) in [4.78, 5) is 0. The SMILES string of the molecule is CC(C)c1cccc(C(C)C)c1Nc1ccc(NS(=O)(=O)N(C)C)nn1. The lowest BCUT2D eigenvalue weighted by atomic mass is 9.92. The van der Waals surface area contributed by atoms with Gasteiger partial charge in [-0.1, -0.05) is 45.9 Å². The van der Waals surface area contributed by atoms with Crippen molar-refractivity contribution in [2.75, 3.05) is 24.1 Å². The molecule has 1 aromatic carbocycles. The number of benzene rings is 1. The molecule has 26 heavy (non-hydrogen) atoms. The number of anilines is 3. The second-order valence-corrected chi connectivity index (χ2v) is 8.82. The van der Waals surface area contributed by atoms with Crippen LogP contribution < -0.4 is 10.0 Å². The lowest BCUT2D eigenvalue weighted by Crippen LogP contribution is -2.29. The zero-order valence-electron chi connectivity index (χ0n) is 16.1. The molecule has 0 radical (unpaired) electrons. The molecule has 0 saturated heterocycles. The fourth-order valence-electron chi connectivity index (χ4n) is 2.50. The lowest BCUT2D eigenvalue weighted by Gasteiger charge is -2.20. The molecule has 2 rings (SSSR count). The molecule has 7 nitrogen and oxygen atoms in total. The standard InChI is InChI=1S/C18H27N5O2S/c1-12(2)14-8-7-9-15(13(3)4)18(14)19-16-10-11-17(21-20-16)22-26(24,25)23(5)6/h7-13H,1-6H3,(H,19,20)(H,21,22). The molecule has 0 unspecified atom stereocenters. The van der Waals surface area contributed by atoms with E-state index in [2.05, 4.69) is 66.1 Å². The van der Waals surface area contributed by atoms with Crippen LogP contribution in [0.5, 0.6) is 0 Å². The van der Waals surface area contributed by atoms with Gasteiger partial charge in [-0.25, -0.2) is 0 Å². The highest BCUT2D eigenvalue weighted by Crippen LogP contribution is 2.34. The van der Waals surface area contributed by atoms with Gasteiger partial charge in [0.2, 0.25) is 0 Å². The number of hydrogen-bond acceptors (Lipinski definition) is 5. The number of nitrogens with zero attached hydrogens (tertiary/aromatic N) is 3. The van der Waals surface area contributed by atoms with E-state index in [4.69, 9.17) is 0 Å². The average molecular weight is 378 g/mol. The van der Waals surface area contributed by atoms with Crippen molar-refractivity contribution in [2.24, 2.45) is 0 Å². The molecule has 0 spiro atoms. The number of aromatic nitrogens is 2. The molecule has 0 aliphatic heterocycles. The zero-order valence-corrected chi connectivity index (χ0v) is 16.9. The normalized spacial score (nSPS) is 12.0. The molecule has 0 aliphatic carbocycles. The fourth-order valence-corrected chi connectivity index (χ4v) is 3.06. The zero-order chi connectivity index (χ0) is 19.5. The summed E-state index contributed by atoms with van der Waals surface area (Å²) in [5.74, 6) is 1.45. The minimum absolute atomic E-state index is 0.172. The third-order valence-electron chi connectivity index (χ3n) is 4.00. The van der Waals surface area contributed by atoms with E-state index in [1.807, 2.05) is 0 Å². The topological polar surface area (TPSA) is 87.2 Å². The van der Waals surface area contributed by atoms with Crippen molar-refractivity contribution < 1.29 is 8.42 Å². The summed E-state index contributed by atoms with van der Waals surface area (Å²) in [5.41, 5.74) is 3.44. The van der Waals surface area contributed by atoms with Crippen LogP contribution in [0, 0.1) is 0 Å². The Labute approximate surface area is 156 Å². The molecule has 1 aromatic heterocycles. The van der Waals surface area contributed by atoms with Crippen molar-refractivity contribution in [1.29, 1.82) is 0 Å². The smallest absolute Gasteiger partial charge is 0.302 e. The van der Waals surface area contributed by atoms with Crippen molar-refractivity contribution in [3.8, 4) is 0 Å². The molecule has 0 bridgehead atoms. The third kappa shape index (κ3) is 4.70. The van der Waals surface area contributed by atoms with Crippen LogP contribution in [-0.4, -0.2) is 37.0 Å². The molecule has 2 N–H and O–H groups in total. The van der Waals surface area contributed by atoms with Gasteiger partial charge in [0.1, 0.15) is 0 Å². The van der Waals surface area contributed by atoms with Crippen molar-refractivity contribution in [1.82, 2.24) is 14.5 Å². The first kappa shape index (κ1) is 20.1. The van der Waals surface area contributed by atoms with Crippen LogP contribution in [-0.2, 0) is 10.2 Å². The summed E-state index contributed by atoms with van der Waals surface area (Å²) in [6.07, 6.45) is 0. The molecular weight excluding hydrogens is 350 g/mol. The average Bonchev–Trinajstić information content (AvgIpc) is 2.56. The molecule has 0 fully saturated rings. The van der Waals surface area contributed by atoms with Gasteiger partial charge in [0.15, 0.2) is 11.6 Å².